The van der Waals surface area contributed by atoms with Crippen molar-refractivity contribution in [3.63, 3.8) is 0 Å². The lowest BCUT2D eigenvalue weighted by Gasteiger charge is -2.40. The Kier molecular flexibility index (Phi) is 5.97. The molecule has 30 heavy (non-hydrogen) atoms. The first kappa shape index (κ1) is 20.3. The molecule has 5 rings (SSSR count). The van der Waals surface area contributed by atoms with E-state index in [1.54, 1.807) is 11.1 Å². The van der Waals surface area contributed by atoms with Crippen molar-refractivity contribution in [3.05, 3.63) is 41.2 Å². The van der Waals surface area contributed by atoms with E-state index in [0.29, 0.717) is 6.04 Å². The fourth-order valence-electron chi connectivity index (χ4n) is 6.08. The Hall–Kier alpha value is -1.65. The van der Waals surface area contributed by atoms with Crippen LogP contribution < -0.4 is 0 Å². The topological polar surface area (TPSA) is 24.3 Å². The maximum atomic E-state index is 4.81. The van der Waals surface area contributed by atoms with Gasteiger partial charge in [-0.1, -0.05) is 11.1 Å². The number of pyridine rings is 1. The molecule has 162 valence electrons. The molecule has 0 N–H and O–H groups in total. The molecule has 0 radical (unpaired) electrons. The number of piperidine rings is 1. The molecule has 2 saturated heterocycles. The maximum absolute atomic E-state index is 4.81. The fourth-order valence-corrected chi connectivity index (χ4v) is 6.08. The quantitative estimate of drug-likeness (QED) is 0.622. The van der Waals surface area contributed by atoms with E-state index in [-0.39, 0.29) is 0 Å². The summed E-state index contributed by atoms with van der Waals surface area (Å²) in [7, 11) is 0. The molecule has 3 aliphatic rings. The molecule has 0 bridgehead atoms. The molecule has 2 aromatic rings. The minimum Gasteiger partial charge on any atom is -0.329 e. The number of hydrogen-bond donors (Lipinski definition) is 0. The normalized spacial score (nSPS) is 24.7. The van der Waals surface area contributed by atoms with Crippen molar-refractivity contribution >= 4 is 11.0 Å². The summed E-state index contributed by atoms with van der Waals surface area (Å²) in [6.07, 6.45) is 15.0. The van der Waals surface area contributed by atoms with E-state index in [0.717, 1.165) is 12.6 Å². The van der Waals surface area contributed by atoms with Crippen LogP contribution >= 0.6 is 0 Å². The Bertz CT molecular complexity index is 883. The van der Waals surface area contributed by atoms with Gasteiger partial charge in [-0.3, -0.25) is 4.90 Å². The van der Waals surface area contributed by atoms with Gasteiger partial charge in [0.25, 0.3) is 0 Å². The van der Waals surface area contributed by atoms with E-state index in [2.05, 4.69) is 46.5 Å². The predicted octanol–water partition coefficient (Wildman–Crippen LogP) is 5.55. The summed E-state index contributed by atoms with van der Waals surface area (Å²) < 4.78 is 2.53. The third-order valence-electron chi connectivity index (χ3n) is 7.94. The second-order valence-corrected chi connectivity index (χ2v) is 10.0. The zero-order valence-corrected chi connectivity index (χ0v) is 18.9. The minimum atomic E-state index is 0.600. The molecule has 4 nitrogen and oxygen atoms in total. The Morgan fingerprint density at radius 1 is 0.967 bits per heavy atom. The van der Waals surface area contributed by atoms with Gasteiger partial charge in [0.15, 0.2) is 0 Å². The van der Waals surface area contributed by atoms with Gasteiger partial charge in [0.05, 0.1) is 0 Å². The molecule has 0 spiro atoms. The number of aromatic nitrogens is 2. The highest BCUT2D eigenvalue weighted by Crippen LogP contribution is 2.34. The summed E-state index contributed by atoms with van der Waals surface area (Å²) >= 11 is 0. The van der Waals surface area contributed by atoms with Crippen LogP contribution in [0.1, 0.15) is 76.8 Å². The lowest BCUT2D eigenvalue weighted by atomic mass is 9.86. The highest BCUT2D eigenvalue weighted by Gasteiger charge is 2.29. The van der Waals surface area contributed by atoms with Gasteiger partial charge < -0.3 is 9.47 Å². The number of allylic oxidation sites excluding steroid dienone is 2. The second-order valence-electron chi connectivity index (χ2n) is 10.0. The van der Waals surface area contributed by atoms with Crippen LogP contribution in [0.4, 0.5) is 0 Å². The summed E-state index contributed by atoms with van der Waals surface area (Å²) in [6.45, 7) is 10.6. The van der Waals surface area contributed by atoms with Crippen LogP contribution in [0, 0.1) is 0 Å². The van der Waals surface area contributed by atoms with Crippen LogP contribution in [0.3, 0.4) is 0 Å². The van der Waals surface area contributed by atoms with Gasteiger partial charge in [0.2, 0.25) is 0 Å². The Morgan fingerprint density at radius 3 is 2.40 bits per heavy atom. The first-order chi connectivity index (χ1) is 14.7. The van der Waals surface area contributed by atoms with Crippen LogP contribution in [0.2, 0.25) is 0 Å². The molecule has 4 heterocycles. The van der Waals surface area contributed by atoms with E-state index < -0.39 is 0 Å². The van der Waals surface area contributed by atoms with Gasteiger partial charge in [0, 0.05) is 49.5 Å². The summed E-state index contributed by atoms with van der Waals surface area (Å²) in [5, 5.41) is 1.37. The van der Waals surface area contributed by atoms with Crippen LogP contribution in [-0.2, 0) is 6.54 Å². The number of likely N-dealkylation sites (tertiary alicyclic amines) is 2. The standard InChI is InChI=1S/C26H38N4/c1-20(2)21-7-9-23(10-8-21)29-16-11-24(12-17-29)30-19-22(18-28-14-3-4-15-28)25-6-5-13-27-26(25)30/h5-6,13,19,23-24H,3-4,7-12,14-18H2,1-2H3. The van der Waals surface area contributed by atoms with Crippen molar-refractivity contribution in [1.29, 1.82) is 0 Å². The van der Waals surface area contributed by atoms with Crippen molar-refractivity contribution in [2.45, 2.75) is 83.8 Å². The summed E-state index contributed by atoms with van der Waals surface area (Å²) in [6, 6.07) is 5.79. The van der Waals surface area contributed by atoms with E-state index >= 15 is 0 Å². The van der Waals surface area contributed by atoms with Crippen LogP contribution in [-0.4, -0.2) is 51.6 Å². The molecule has 2 aromatic heterocycles. The summed E-state index contributed by atoms with van der Waals surface area (Å²) in [5.74, 6) is 0. The third-order valence-corrected chi connectivity index (χ3v) is 7.94. The van der Waals surface area contributed by atoms with Crippen molar-refractivity contribution in [1.82, 2.24) is 19.4 Å². The number of nitrogens with zero attached hydrogens (tertiary/aromatic N) is 4. The highest BCUT2D eigenvalue weighted by atomic mass is 15.2. The van der Waals surface area contributed by atoms with E-state index in [4.69, 9.17) is 4.98 Å². The molecule has 0 aromatic carbocycles. The predicted molar refractivity (Wildman–Crippen MR) is 125 cm³/mol. The Balaban J connectivity index is 1.26. The fraction of sp³-hybridized carbons (Fsp3) is 0.654. The SMILES string of the molecule is CC(C)=C1CCC(N2CCC(n3cc(CN4CCCC4)c4cccnc43)CC2)CC1. The smallest absolute Gasteiger partial charge is 0.140 e. The average Bonchev–Trinajstić information content (AvgIpc) is 3.43. The first-order valence-corrected chi connectivity index (χ1v) is 12.2. The van der Waals surface area contributed by atoms with Gasteiger partial charge in [-0.15, -0.1) is 0 Å². The third kappa shape index (κ3) is 4.09. The number of fused-ring (bicyclic) bond motifs is 1. The molecule has 0 atom stereocenters. The van der Waals surface area contributed by atoms with E-state index in [1.807, 2.05) is 6.20 Å². The van der Waals surface area contributed by atoms with Crippen LogP contribution in [0.25, 0.3) is 11.0 Å². The highest BCUT2D eigenvalue weighted by molar-refractivity contribution is 5.80. The number of hydrogen-bond acceptors (Lipinski definition) is 3. The van der Waals surface area contributed by atoms with Gasteiger partial charge in [-0.05, 0) is 96.0 Å². The minimum absolute atomic E-state index is 0.600. The lowest BCUT2D eigenvalue weighted by molar-refractivity contribution is 0.117. The van der Waals surface area contributed by atoms with Gasteiger partial charge >= 0.3 is 0 Å². The molecule has 0 unspecified atom stereocenters. The molecule has 0 amide bonds. The Labute approximate surface area is 181 Å². The zero-order valence-electron chi connectivity index (χ0n) is 18.9. The Morgan fingerprint density at radius 2 is 1.70 bits per heavy atom. The molecule has 1 aliphatic carbocycles. The molecule has 2 aliphatic heterocycles. The van der Waals surface area contributed by atoms with Gasteiger partial charge in [0.1, 0.15) is 5.65 Å². The first-order valence-electron chi connectivity index (χ1n) is 12.2. The van der Waals surface area contributed by atoms with E-state index in [9.17, 15) is 0 Å². The summed E-state index contributed by atoms with van der Waals surface area (Å²) in [4.78, 5) is 10.2. The molecule has 4 heteroatoms. The van der Waals surface area contributed by atoms with Gasteiger partial charge in [-0.25, -0.2) is 4.98 Å². The maximum Gasteiger partial charge on any atom is 0.140 e. The summed E-state index contributed by atoms with van der Waals surface area (Å²) in [5.41, 5.74) is 5.96. The van der Waals surface area contributed by atoms with Crippen molar-refractivity contribution in [3.8, 4) is 0 Å². The van der Waals surface area contributed by atoms with Crippen LogP contribution in [0.5, 0.6) is 0 Å². The van der Waals surface area contributed by atoms with Crippen molar-refractivity contribution in [2.75, 3.05) is 26.2 Å². The molecule has 3 fully saturated rings. The molecular weight excluding hydrogens is 368 g/mol. The van der Waals surface area contributed by atoms with Crippen molar-refractivity contribution < 1.29 is 0 Å². The van der Waals surface area contributed by atoms with Gasteiger partial charge in [-0.2, -0.15) is 0 Å². The number of rotatable bonds is 4. The largest absolute Gasteiger partial charge is 0.329 e. The average molecular weight is 407 g/mol. The van der Waals surface area contributed by atoms with Crippen LogP contribution in [0.15, 0.2) is 35.7 Å². The van der Waals surface area contributed by atoms with Crippen molar-refractivity contribution in [2.24, 2.45) is 0 Å². The molecular formula is C26H38N4. The lowest BCUT2D eigenvalue weighted by Crippen LogP contribution is -2.42. The zero-order chi connectivity index (χ0) is 20.5. The monoisotopic (exact) mass is 406 g/mol. The second kappa shape index (κ2) is 8.84. The molecule has 1 saturated carbocycles. The van der Waals surface area contributed by atoms with E-state index in [1.165, 1.54) is 94.1 Å².